The summed E-state index contributed by atoms with van der Waals surface area (Å²) in [6.07, 6.45) is 8.81. The smallest absolute Gasteiger partial charge is 0.0794 e. The summed E-state index contributed by atoms with van der Waals surface area (Å²) in [5, 5.41) is 2.18. The van der Waals surface area contributed by atoms with Crippen molar-refractivity contribution in [2.45, 2.75) is 32.1 Å². The van der Waals surface area contributed by atoms with Crippen LogP contribution in [0.15, 0.2) is 11.7 Å². The molecule has 0 N–H and O–H groups in total. The number of aromatic nitrogens is 1. The molecule has 1 saturated carbocycles. The van der Waals surface area contributed by atoms with E-state index in [9.17, 15) is 0 Å². The summed E-state index contributed by atoms with van der Waals surface area (Å²) in [4.78, 5) is 5.61. The number of rotatable bonds is 5. The zero-order valence-electron chi connectivity index (χ0n) is 9.29. The van der Waals surface area contributed by atoms with Gasteiger partial charge in [-0.25, -0.2) is 0 Å². The minimum absolute atomic E-state index is 0.392. The van der Waals surface area contributed by atoms with Crippen LogP contribution in [0.1, 0.15) is 30.6 Å². The molecular formula is C12H17Br2NS. The summed E-state index contributed by atoms with van der Waals surface area (Å²) in [6, 6.07) is 0. The van der Waals surface area contributed by atoms with Gasteiger partial charge in [0.05, 0.1) is 5.51 Å². The first kappa shape index (κ1) is 13.0. The fourth-order valence-electron chi connectivity index (χ4n) is 2.71. The zero-order valence-corrected chi connectivity index (χ0v) is 13.3. The van der Waals surface area contributed by atoms with Crippen LogP contribution in [-0.2, 0) is 6.42 Å². The third-order valence-electron chi connectivity index (χ3n) is 3.76. The van der Waals surface area contributed by atoms with Crippen molar-refractivity contribution in [2.24, 2.45) is 11.3 Å². The summed E-state index contributed by atoms with van der Waals surface area (Å²) in [5.74, 6) is 0.869. The van der Waals surface area contributed by atoms with Crippen molar-refractivity contribution in [1.82, 2.24) is 4.98 Å². The van der Waals surface area contributed by atoms with Crippen molar-refractivity contribution < 1.29 is 0 Å². The second-order valence-electron chi connectivity index (χ2n) is 4.76. The van der Waals surface area contributed by atoms with Gasteiger partial charge in [-0.15, -0.1) is 11.3 Å². The van der Waals surface area contributed by atoms with Crippen molar-refractivity contribution in [2.75, 3.05) is 10.7 Å². The Bertz CT molecular complexity index is 303. The predicted molar refractivity (Wildman–Crippen MR) is 77.8 cm³/mol. The van der Waals surface area contributed by atoms with Crippen molar-refractivity contribution in [3.63, 3.8) is 0 Å². The molecule has 4 heteroatoms. The predicted octanol–water partition coefficient (Wildman–Crippen LogP) is 4.65. The van der Waals surface area contributed by atoms with Crippen LogP contribution < -0.4 is 0 Å². The maximum absolute atomic E-state index is 4.19. The van der Waals surface area contributed by atoms with E-state index in [2.05, 4.69) is 36.8 Å². The minimum Gasteiger partial charge on any atom is -0.253 e. The van der Waals surface area contributed by atoms with Crippen molar-refractivity contribution in [1.29, 1.82) is 0 Å². The highest BCUT2D eigenvalue weighted by atomic mass is 79.9. The molecule has 0 aromatic carbocycles. The van der Waals surface area contributed by atoms with Crippen molar-refractivity contribution >= 4 is 43.2 Å². The van der Waals surface area contributed by atoms with E-state index in [1.165, 1.54) is 37.0 Å². The van der Waals surface area contributed by atoms with Gasteiger partial charge in [-0.1, -0.05) is 44.7 Å². The summed E-state index contributed by atoms with van der Waals surface area (Å²) >= 11 is 9.27. The highest BCUT2D eigenvalue weighted by molar-refractivity contribution is 9.09. The maximum Gasteiger partial charge on any atom is 0.0794 e. The zero-order chi connectivity index (χ0) is 11.4. The Hall–Kier alpha value is 0.590. The summed E-state index contributed by atoms with van der Waals surface area (Å²) in [6.45, 7) is 0. The fourth-order valence-corrected chi connectivity index (χ4v) is 5.70. The lowest BCUT2D eigenvalue weighted by atomic mass is 9.75. The van der Waals surface area contributed by atoms with Gasteiger partial charge in [0.1, 0.15) is 0 Å². The Labute approximate surface area is 118 Å². The Morgan fingerprint density at radius 2 is 2.00 bits per heavy atom. The molecule has 2 rings (SSSR count). The van der Waals surface area contributed by atoms with Crippen LogP contribution in [0.25, 0.3) is 0 Å². The largest absolute Gasteiger partial charge is 0.253 e. The molecule has 0 amide bonds. The number of thiazole rings is 1. The first-order valence-electron chi connectivity index (χ1n) is 5.80. The first-order valence-corrected chi connectivity index (χ1v) is 8.92. The molecular weight excluding hydrogens is 350 g/mol. The number of hydrogen-bond donors (Lipinski definition) is 0. The van der Waals surface area contributed by atoms with E-state index in [1.54, 1.807) is 11.3 Å². The molecule has 0 unspecified atom stereocenters. The molecule has 1 nitrogen and oxygen atoms in total. The van der Waals surface area contributed by atoms with Crippen LogP contribution in [0.5, 0.6) is 0 Å². The monoisotopic (exact) mass is 365 g/mol. The van der Waals surface area contributed by atoms with Gasteiger partial charge in [-0.05, 0) is 30.6 Å². The van der Waals surface area contributed by atoms with Gasteiger partial charge in [0, 0.05) is 21.7 Å². The molecule has 1 aliphatic rings. The van der Waals surface area contributed by atoms with Crippen molar-refractivity contribution in [3.05, 3.63) is 16.6 Å². The van der Waals surface area contributed by atoms with E-state index in [0.717, 1.165) is 16.6 Å². The quantitative estimate of drug-likeness (QED) is 0.691. The average molecular weight is 367 g/mol. The van der Waals surface area contributed by atoms with E-state index < -0.39 is 0 Å². The highest BCUT2D eigenvalue weighted by Crippen LogP contribution is 2.45. The van der Waals surface area contributed by atoms with Gasteiger partial charge in [0.25, 0.3) is 0 Å². The molecule has 90 valence electrons. The van der Waals surface area contributed by atoms with E-state index in [1.807, 2.05) is 11.7 Å². The lowest BCUT2D eigenvalue weighted by molar-refractivity contribution is 0.234. The number of hydrogen-bond acceptors (Lipinski definition) is 2. The number of halogens is 2. The average Bonchev–Trinajstić information content (AvgIpc) is 2.99. The molecule has 0 saturated heterocycles. The standard InChI is InChI=1S/C12H17Br2NS/c13-7-12(8-14,10-3-1-2-4-10)5-11-6-15-9-16-11/h6,9-10H,1-5,7-8H2. The van der Waals surface area contributed by atoms with Crippen LogP contribution in [0, 0.1) is 11.3 Å². The molecule has 0 spiro atoms. The molecule has 1 aliphatic carbocycles. The van der Waals surface area contributed by atoms with Gasteiger partial charge in [0.2, 0.25) is 0 Å². The lowest BCUT2D eigenvalue weighted by Crippen LogP contribution is -2.35. The molecule has 16 heavy (non-hydrogen) atoms. The first-order chi connectivity index (χ1) is 7.80. The van der Waals surface area contributed by atoms with Crippen LogP contribution in [0.2, 0.25) is 0 Å². The van der Waals surface area contributed by atoms with Gasteiger partial charge in [-0.3, -0.25) is 4.98 Å². The second kappa shape index (κ2) is 5.96. The normalized spacial score (nSPS) is 18.1. The van der Waals surface area contributed by atoms with Crippen LogP contribution >= 0.6 is 43.2 Å². The fraction of sp³-hybridized carbons (Fsp3) is 0.750. The third kappa shape index (κ3) is 2.70. The van der Waals surface area contributed by atoms with Crippen LogP contribution in [0.3, 0.4) is 0 Å². The molecule has 1 fully saturated rings. The van der Waals surface area contributed by atoms with E-state index in [0.29, 0.717) is 5.41 Å². The molecule has 0 atom stereocenters. The number of nitrogens with zero attached hydrogens (tertiary/aromatic N) is 1. The minimum atomic E-state index is 0.392. The molecule has 0 aliphatic heterocycles. The highest BCUT2D eigenvalue weighted by Gasteiger charge is 2.38. The van der Waals surface area contributed by atoms with Crippen LogP contribution in [-0.4, -0.2) is 15.6 Å². The van der Waals surface area contributed by atoms with Gasteiger partial charge in [-0.2, -0.15) is 0 Å². The van der Waals surface area contributed by atoms with Gasteiger partial charge in [0.15, 0.2) is 0 Å². The second-order valence-corrected chi connectivity index (χ2v) is 6.85. The summed E-state index contributed by atoms with van der Waals surface area (Å²) in [5.41, 5.74) is 2.33. The van der Waals surface area contributed by atoms with Gasteiger partial charge >= 0.3 is 0 Å². The van der Waals surface area contributed by atoms with E-state index >= 15 is 0 Å². The topological polar surface area (TPSA) is 12.9 Å². The summed E-state index contributed by atoms with van der Waals surface area (Å²) < 4.78 is 0. The van der Waals surface area contributed by atoms with E-state index in [-0.39, 0.29) is 0 Å². The molecule has 1 aromatic rings. The Morgan fingerprint density at radius 3 is 2.50 bits per heavy atom. The van der Waals surface area contributed by atoms with Crippen LogP contribution in [0.4, 0.5) is 0 Å². The third-order valence-corrected chi connectivity index (χ3v) is 6.78. The molecule has 0 bridgehead atoms. The molecule has 1 aromatic heterocycles. The molecule has 1 heterocycles. The van der Waals surface area contributed by atoms with Gasteiger partial charge < -0.3 is 0 Å². The Balaban J connectivity index is 2.13. The molecule has 0 radical (unpaired) electrons. The van der Waals surface area contributed by atoms with E-state index in [4.69, 9.17) is 0 Å². The Kier molecular flexibility index (Phi) is 4.86. The summed E-state index contributed by atoms with van der Waals surface area (Å²) in [7, 11) is 0. The van der Waals surface area contributed by atoms with Crippen molar-refractivity contribution in [3.8, 4) is 0 Å². The lowest BCUT2D eigenvalue weighted by Gasteiger charge is -2.36. The number of alkyl halides is 2. The Morgan fingerprint density at radius 1 is 1.31 bits per heavy atom. The SMILES string of the molecule is BrCC(CBr)(Cc1cncs1)C1CCCC1. The maximum atomic E-state index is 4.19.